The summed E-state index contributed by atoms with van der Waals surface area (Å²) in [5, 5.41) is 0. The van der Waals surface area contributed by atoms with Crippen molar-refractivity contribution in [3.63, 3.8) is 0 Å². The van der Waals surface area contributed by atoms with E-state index in [0.29, 0.717) is 29.7 Å². The van der Waals surface area contributed by atoms with Crippen LogP contribution in [0.1, 0.15) is 6.92 Å². The van der Waals surface area contributed by atoms with Gasteiger partial charge in [0.25, 0.3) is 6.01 Å². The van der Waals surface area contributed by atoms with E-state index in [-0.39, 0.29) is 5.82 Å². The first-order valence-corrected chi connectivity index (χ1v) is 6.92. The molecule has 2 N–H and O–H groups in total. The van der Waals surface area contributed by atoms with Gasteiger partial charge in [-0.2, -0.15) is 4.98 Å². The molecule has 0 saturated carbocycles. The zero-order valence-corrected chi connectivity index (χ0v) is 11.6. The number of benzene rings is 1. The van der Waals surface area contributed by atoms with Crippen molar-refractivity contribution in [2.45, 2.75) is 13.0 Å². The van der Waals surface area contributed by atoms with E-state index < -0.39 is 0 Å². The fourth-order valence-electron chi connectivity index (χ4n) is 2.53. The van der Waals surface area contributed by atoms with E-state index in [2.05, 4.69) is 21.7 Å². The van der Waals surface area contributed by atoms with E-state index in [4.69, 9.17) is 10.2 Å². The van der Waals surface area contributed by atoms with Gasteiger partial charge in [0.15, 0.2) is 5.58 Å². The van der Waals surface area contributed by atoms with Crippen LogP contribution in [0.4, 0.5) is 10.4 Å². The maximum absolute atomic E-state index is 13.2. The van der Waals surface area contributed by atoms with Gasteiger partial charge in [0.05, 0.1) is 0 Å². The second-order valence-electron chi connectivity index (χ2n) is 5.22. The van der Waals surface area contributed by atoms with Crippen LogP contribution in [0.25, 0.3) is 11.1 Å². The van der Waals surface area contributed by atoms with Crippen molar-refractivity contribution in [2.75, 3.05) is 37.6 Å². The van der Waals surface area contributed by atoms with E-state index in [1.54, 1.807) is 6.07 Å². The molecule has 1 aliphatic rings. The lowest BCUT2D eigenvalue weighted by Crippen LogP contribution is -2.51. The van der Waals surface area contributed by atoms with Crippen LogP contribution in [0.5, 0.6) is 0 Å². The third kappa shape index (κ3) is 2.48. The lowest BCUT2D eigenvalue weighted by atomic mass is 10.2. The maximum atomic E-state index is 13.2. The number of hydrogen-bond donors (Lipinski definition) is 1. The Morgan fingerprint density at radius 1 is 1.35 bits per heavy atom. The number of nitrogens with two attached hydrogens (primary N) is 1. The Kier molecular flexibility index (Phi) is 3.58. The fraction of sp³-hybridized carbons (Fsp3) is 0.500. The van der Waals surface area contributed by atoms with Crippen molar-refractivity contribution in [1.29, 1.82) is 0 Å². The number of rotatable bonds is 3. The summed E-state index contributed by atoms with van der Waals surface area (Å²) in [5.74, 6) is -0.293. The van der Waals surface area contributed by atoms with Crippen LogP contribution >= 0.6 is 0 Å². The Bertz CT molecular complexity index is 592. The number of oxazole rings is 1. The van der Waals surface area contributed by atoms with Crippen molar-refractivity contribution in [3.8, 4) is 0 Å². The number of halogens is 1. The summed E-state index contributed by atoms with van der Waals surface area (Å²) < 4.78 is 18.8. The number of hydrogen-bond acceptors (Lipinski definition) is 5. The zero-order chi connectivity index (χ0) is 14.1. The minimum atomic E-state index is -0.293. The van der Waals surface area contributed by atoms with Gasteiger partial charge < -0.3 is 15.1 Å². The summed E-state index contributed by atoms with van der Waals surface area (Å²) >= 11 is 0. The molecule has 1 aliphatic heterocycles. The van der Waals surface area contributed by atoms with Crippen LogP contribution in [0.15, 0.2) is 22.6 Å². The van der Waals surface area contributed by atoms with Gasteiger partial charge in [-0.25, -0.2) is 4.39 Å². The smallest absolute Gasteiger partial charge is 0.298 e. The first-order valence-electron chi connectivity index (χ1n) is 6.92. The Morgan fingerprint density at radius 2 is 2.10 bits per heavy atom. The van der Waals surface area contributed by atoms with Crippen molar-refractivity contribution in [1.82, 2.24) is 9.88 Å². The molecule has 1 aromatic heterocycles. The molecule has 1 fully saturated rings. The molecule has 1 aromatic carbocycles. The van der Waals surface area contributed by atoms with E-state index in [9.17, 15) is 4.39 Å². The predicted molar refractivity (Wildman–Crippen MR) is 76.3 cm³/mol. The molecular weight excluding hydrogens is 259 g/mol. The van der Waals surface area contributed by atoms with Gasteiger partial charge >= 0.3 is 0 Å². The molecule has 0 amide bonds. The monoisotopic (exact) mass is 278 g/mol. The summed E-state index contributed by atoms with van der Waals surface area (Å²) in [6.45, 7) is 6.37. The van der Waals surface area contributed by atoms with Crippen molar-refractivity contribution < 1.29 is 8.81 Å². The van der Waals surface area contributed by atoms with E-state index >= 15 is 0 Å². The maximum Gasteiger partial charge on any atom is 0.298 e. The van der Waals surface area contributed by atoms with Gasteiger partial charge in [0.2, 0.25) is 0 Å². The van der Waals surface area contributed by atoms with Crippen LogP contribution in [0.2, 0.25) is 0 Å². The fourth-order valence-corrected chi connectivity index (χ4v) is 2.53. The van der Waals surface area contributed by atoms with Crippen molar-refractivity contribution in [2.24, 2.45) is 5.73 Å². The minimum absolute atomic E-state index is 0.293. The first kappa shape index (κ1) is 13.3. The van der Waals surface area contributed by atoms with E-state index in [1.165, 1.54) is 12.1 Å². The second-order valence-corrected chi connectivity index (χ2v) is 5.22. The highest BCUT2D eigenvalue weighted by molar-refractivity contribution is 5.74. The summed E-state index contributed by atoms with van der Waals surface area (Å²) in [7, 11) is 0. The Hall–Kier alpha value is -1.66. The van der Waals surface area contributed by atoms with E-state index in [0.717, 1.165) is 26.2 Å². The quantitative estimate of drug-likeness (QED) is 0.920. The van der Waals surface area contributed by atoms with Gasteiger partial charge in [-0.15, -0.1) is 0 Å². The predicted octanol–water partition coefficient (Wildman–Crippen LogP) is 1.44. The summed E-state index contributed by atoms with van der Waals surface area (Å²) in [4.78, 5) is 8.82. The molecule has 1 unspecified atom stereocenters. The van der Waals surface area contributed by atoms with Gasteiger partial charge in [-0.1, -0.05) is 0 Å². The van der Waals surface area contributed by atoms with Gasteiger partial charge in [0, 0.05) is 44.8 Å². The largest absolute Gasteiger partial charge is 0.423 e. The average molecular weight is 278 g/mol. The lowest BCUT2D eigenvalue weighted by Gasteiger charge is -2.36. The highest BCUT2D eigenvalue weighted by Crippen LogP contribution is 2.23. The summed E-state index contributed by atoms with van der Waals surface area (Å²) in [6, 6.07) is 5.38. The molecule has 2 aromatic rings. The number of piperazine rings is 1. The molecule has 3 rings (SSSR count). The third-order valence-electron chi connectivity index (χ3n) is 3.89. The molecule has 1 atom stereocenters. The highest BCUT2D eigenvalue weighted by Gasteiger charge is 2.23. The molecule has 2 heterocycles. The summed E-state index contributed by atoms with van der Waals surface area (Å²) in [5.41, 5.74) is 6.88. The second kappa shape index (κ2) is 5.38. The molecule has 0 radical (unpaired) electrons. The Balaban J connectivity index is 1.73. The summed E-state index contributed by atoms with van der Waals surface area (Å²) in [6.07, 6.45) is 0. The topological polar surface area (TPSA) is 58.5 Å². The van der Waals surface area contributed by atoms with E-state index in [1.807, 2.05) is 0 Å². The molecule has 20 heavy (non-hydrogen) atoms. The van der Waals surface area contributed by atoms with Crippen LogP contribution in [0.3, 0.4) is 0 Å². The number of nitrogens with zero attached hydrogens (tertiary/aromatic N) is 3. The molecule has 5 nitrogen and oxygen atoms in total. The first-order chi connectivity index (χ1) is 9.67. The van der Waals surface area contributed by atoms with Gasteiger partial charge in [-0.05, 0) is 19.1 Å². The SMILES string of the molecule is CC(CN)N1CCN(c2nc3cc(F)ccc3o2)CC1. The van der Waals surface area contributed by atoms with Crippen molar-refractivity contribution in [3.05, 3.63) is 24.0 Å². The van der Waals surface area contributed by atoms with Crippen LogP contribution in [0, 0.1) is 5.82 Å². The number of anilines is 1. The van der Waals surface area contributed by atoms with Gasteiger partial charge in [-0.3, -0.25) is 4.90 Å². The number of fused-ring (bicyclic) bond motifs is 1. The minimum Gasteiger partial charge on any atom is -0.423 e. The molecule has 0 aliphatic carbocycles. The standard InChI is InChI=1S/C14H19FN4O/c1-10(9-16)18-4-6-19(7-5-18)14-17-12-8-11(15)2-3-13(12)20-14/h2-3,8,10H,4-7,9,16H2,1H3. The molecule has 0 bridgehead atoms. The molecule has 1 saturated heterocycles. The van der Waals surface area contributed by atoms with Crippen molar-refractivity contribution >= 4 is 17.1 Å². The zero-order valence-electron chi connectivity index (χ0n) is 11.6. The Morgan fingerprint density at radius 3 is 2.80 bits per heavy atom. The molecule has 6 heteroatoms. The molecule has 108 valence electrons. The Labute approximate surface area is 117 Å². The van der Waals surface area contributed by atoms with Crippen LogP contribution in [-0.2, 0) is 0 Å². The van der Waals surface area contributed by atoms with Crippen LogP contribution in [-0.4, -0.2) is 48.6 Å². The highest BCUT2D eigenvalue weighted by atomic mass is 19.1. The lowest BCUT2D eigenvalue weighted by molar-refractivity contribution is 0.198. The third-order valence-corrected chi connectivity index (χ3v) is 3.89. The van der Waals surface area contributed by atoms with Gasteiger partial charge in [0.1, 0.15) is 11.3 Å². The number of aromatic nitrogens is 1. The van der Waals surface area contributed by atoms with Crippen LogP contribution < -0.4 is 10.6 Å². The molecule has 0 spiro atoms. The molecular formula is C14H19FN4O. The average Bonchev–Trinajstić information content (AvgIpc) is 2.89. The normalized spacial score (nSPS) is 18.6.